The first-order chi connectivity index (χ1) is 11.4. The fraction of sp³-hybridized carbons (Fsp3) is 0.150. The maximum Gasteiger partial charge on any atom is 0.118 e. The Balaban J connectivity index is 1.84. The van der Waals surface area contributed by atoms with Gasteiger partial charge in [-0.3, -0.25) is 4.98 Å². The molecule has 1 unspecified atom stereocenters. The van der Waals surface area contributed by atoms with Gasteiger partial charge in [-0.2, -0.15) is 0 Å². The fourth-order valence-electron chi connectivity index (χ4n) is 2.55. The van der Waals surface area contributed by atoms with Crippen molar-refractivity contribution in [3.05, 3.63) is 95.8 Å². The molecule has 116 valence electrons. The molecule has 1 atom stereocenters. The Morgan fingerprint density at radius 2 is 1.65 bits per heavy atom. The summed E-state index contributed by atoms with van der Waals surface area (Å²) in [5.41, 5.74) is 3.43. The number of rotatable bonds is 6. The summed E-state index contributed by atoms with van der Waals surface area (Å²) < 4.78 is 5.25. The van der Waals surface area contributed by atoms with Crippen LogP contribution in [0.1, 0.15) is 22.9 Å². The third-order valence-electron chi connectivity index (χ3n) is 3.79. The van der Waals surface area contributed by atoms with E-state index in [1.165, 1.54) is 11.1 Å². The number of methoxy groups -OCH3 is 1. The smallest absolute Gasteiger partial charge is 0.118 e. The molecule has 0 aliphatic heterocycles. The van der Waals surface area contributed by atoms with Crippen molar-refractivity contribution in [3.63, 3.8) is 0 Å². The molecule has 23 heavy (non-hydrogen) atoms. The van der Waals surface area contributed by atoms with E-state index in [0.29, 0.717) is 0 Å². The van der Waals surface area contributed by atoms with Gasteiger partial charge in [-0.15, -0.1) is 0 Å². The minimum absolute atomic E-state index is 0.0438. The Morgan fingerprint density at radius 3 is 2.30 bits per heavy atom. The van der Waals surface area contributed by atoms with E-state index >= 15 is 0 Å². The van der Waals surface area contributed by atoms with Crippen LogP contribution in [-0.4, -0.2) is 12.1 Å². The number of aromatic nitrogens is 1. The summed E-state index contributed by atoms with van der Waals surface area (Å²) in [6.45, 7) is 0.786. The maximum absolute atomic E-state index is 5.25. The number of nitrogens with one attached hydrogen (secondary N) is 1. The number of hydrogen-bond donors (Lipinski definition) is 1. The summed E-state index contributed by atoms with van der Waals surface area (Å²) in [7, 11) is 1.68. The Hall–Kier alpha value is -2.65. The first kappa shape index (κ1) is 15.3. The molecular weight excluding hydrogens is 284 g/mol. The molecule has 3 heteroatoms. The standard InChI is InChI=1S/C20H20N2O/c1-23-18-12-10-17(11-13-18)20(19-9-5-6-14-21-19)22-15-16-7-3-2-4-8-16/h2-14,20,22H,15H2,1H3. The Kier molecular flexibility index (Phi) is 5.02. The molecule has 0 saturated heterocycles. The third-order valence-corrected chi connectivity index (χ3v) is 3.79. The summed E-state index contributed by atoms with van der Waals surface area (Å²) in [5.74, 6) is 0.858. The second-order valence-electron chi connectivity index (χ2n) is 5.33. The predicted octanol–water partition coefficient (Wildman–Crippen LogP) is 3.97. The molecule has 0 radical (unpaired) electrons. The predicted molar refractivity (Wildman–Crippen MR) is 92.4 cm³/mol. The van der Waals surface area contributed by atoms with Crippen molar-refractivity contribution in [2.75, 3.05) is 7.11 Å². The monoisotopic (exact) mass is 304 g/mol. The van der Waals surface area contributed by atoms with Crippen LogP contribution in [0.15, 0.2) is 79.0 Å². The summed E-state index contributed by atoms with van der Waals surface area (Å²) in [6.07, 6.45) is 1.83. The van der Waals surface area contributed by atoms with E-state index in [1.54, 1.807) is 7.11 Å². The van der Waals surface area contributed by atoms with Gasteiger partial charge in [0.25, 0.3) is 0 Å². The van der Waals surface area contributed by atoms with Crippen molar-refractivity contribution in [1.29, 1.82) is 0 Å². The summed E-state index contributed by atoms with van der Waals surface area (Å²) >= 11 is 0. The van der Waals surface area contributed by atoms with E-state index in [9.17, 15) is 0 Å². The molecule has 0 aliphatic carbocycles. The van der Waals surface area contributed by atoms with E-state index in [-0.39, 0.29) is 6.04 Å². The van der Waals surface area contributed by atoms with E-state index in [4.69, 9.17) is 4.74 Å². The highest BCUT2D eigenvalue weighted by Gasteiger charge is 2.14. The summed E-state index contributed by atoms with van der Waals surface area (Å²) in [6, 6.07) is 24.6. The lowest BCUT2D eigenvalue weighted by Gasteiger charge is -2.19. The zero-order valence-electron chi connectivity index (χ0n) is 13.1. The molecular formula is C20H20N2O. The topological polar surface area (TPSA) is 34.1 Å². The van der Waals surface area contributed by atoms with Crippen LogP contribution >= 0.6 is 0 Å². The van der Waals surface area contributed by atoms with Gasteiger partial charge in [-0.25, -0.2) is 0 Å². The van der Waals surface area contributed by atoms with Crippen molar-refractivity contribution in [1.82, 2.24) is 10.3 Å². The Labute approximate surface area is 137 Å². The molecule has 3 rings (SSSR count). The number of benzene rings is 2. The van der Waals surface area contributed by atoms with Gasteiger partial charge in [0.2, 0.25) is 0 Å². The highest BCUT2D eigenvalue weighted by molar-refractivity contribution is 5.33. The SMILES string of the molecule is COc1ccc(C(NCc2ccccc2)c2ccccn2)cc1. The van der Waals surface area contributed by atoms with E-state index in [1.807, 2.05) is 42.6 Å². The van der Waals surface area contributed by atoms with Gasteiger partial charge in [0.15, 0.2) is 0 Å². The number of ether oxygens (including phenoxy) is 1. The van der Waals surface area contributed by atoms with E-state index in [0.717, 1.165) is 18.0 Å². The molecule has 0 spiro atoms. The third kappa shape index (κ3) is 3.96. The van der Waals surface area contributed by atoms with Crippen LogP contribution in [0.2, 0.25) is 0 Å². The number of nitrogens with zero attached hydrogens (tertiary/aromatic N) is 1. The van der Waals surface area contributed by atoms with Gasteiger partial charge in [-0.1, -0.05) is 48.5 Å². The molecule has 2 aromatic carbocycles. The van der Waals surface area contributed by atoms with Gasteiger partial charge in [0, 0.05) is 12.7 Å². The molecule has 0 aliphatic rings. The van der Waals surface area contributed by atoms with Crippen LogP contribution in [0.5, 0.6) is 5.75 Å². The van der Waals surface area contributed by atoms with Gasteiger partial charge in [0.1, 0.15) is 5.75 Å². The second kappa shape index (κ2) is 7.56. The van der Waals surface area contributed by atoms with Crippen molar-refractivity contribution in [2.45, 2.75) is 12.6 Å². The average Bonchev–Trinajstić information content (AvgIpc) is 2.64. The first-order valence-corrected chi connectivity index (χ1v) is 7.69. The van der Waals surface area contributed by atoms with Gasteiger partial charge in [0.05, 0.1) is 18.8 Å². The van der Waals surface area contributed by atoms with Crippen molar-refractivity contribution in [3.8, 4) is 5.75 Å². The molecule has 3 aromatic rings. The minimum atomic E-state index is 0.0438. The molecule has 1 heterocycles. The molecule has 3 nitrogen and oxygen atoms in total. The first-order valence-electron chi connectivity index (χ1n) is 7.69. The fourth-order valence-corrected chi connectivity index (χ4v) is 2.55. The summed E-state index contributed by atoms with van der Waals surface area (Å²) in [5, 5.41) is 3.60. The van der Waals surface area contributed by atoms with Crippen LogP contribution < -0.4 is 10.1 Å². The van der Waals surface area contributed by atoms with Crippen LogP contribution in [-0.2, 0) is 6.54 Å². The molecule has 0 saturated carbocycles. The van der Waals surface area contributed by atoms with E-state index in [2.05, 4.69) is 46.7 Å². The van der Waals surface area contributed by atoms with Gasteiger partial charge in [-0.05, 0) is 35.4 Å². The molecule has 0 fully saturated rings. The second-order valence-corrected chi connectivity index (χ2v) is 5.33. The van der Waals surface area contributed by atoms with Crippen LogP contribution in [0.25, 0.3) is 0 Å². The maximum atomic E-state index is 5.25. The largest absolute Gasteiger partial charge is 0.497 e. The van der Waals surface area contributed by atoms with Crippen molar-refractivity contribution in [2.24, 2.45) is 0 Å². The molecule has 1 N–H and O–H groups in total. The van der Waals surface area contributed by atoms with Gasteiger partial charge < -0.3 is 10.1 Å². The highest BCUT2D eigenvalue weighted by Crippen LogP contribution is 2.23. The van der Waals surface area contributed by atoms with Gasteiger partial charge >= 0.3 is 0 Å². The highest BCUT2D eigenvalue weighted by atomic mass is 16.5. The number of pyridine rings is 1. The minimum Gasteiger partial charge on any atom is -0.497 e. The van der Waals surface area contributed by atoms with Crippen molar-refractivity contribution >= 4 is 0 Å². The quantitative estimate of drug-likeness (QED) is 0.748. The molecule has 0 amide bonds. The van der Waals surface area contributed by atoms with Crippen LogP contribution in [0.4, 0.5) is 0 Å². The van der Waals surface area contributed by atoms with Crippen molar-refractivity contribution < 1.29 is 4.74 Å². The lowest BCUT2D eigenvalue weighted by atomic mass is 10.0. The van der Waals surface area contributed by atoms with Crippen LogP contribution in [0, 0.1) is 0 Å². The normalized spacial score (nSPS) is 11.9. The number of hydrogen-bond acceptors (Lipinski definition) is 3. The Bertz CT molecular complexity index is 712. The van der Waals surface area contributed by atoms with E-state index < -0.39 is 0 Å². The lowest BCUT2D eigenvalue weighted by Crippen LogP contribution is -2.22. The van der Waals surface area contributed by atoms with Crippen LogP contribution in [0.3, 0.4) is 0 Å². The molecule has 1 aromatic heterocycles. The zero-order valence-corrected chi connectivity index (χ0v) is 13.1. The lowest BCUT2D eigenvalue weighted by molar-refractivity contribution is 0.414. The summed E-state index contributed by atoms with van der Waals surface area (Å²) in [4.78, 5) is 4.52. The average molecular weight is 304 g/mol. The zero-order chi connectivity index (χ0) is 15.9. The Morgan fingerprint density at radius 1 is 0.913 bits per heavy atom. The molecule has 0 bridgehead atoms.